The van der Waals surface area contributed by atoms with Gasteiger partial charge in [0.2, 0.25) is 0 Å². The first kappa shape index (κ1) is 15.5. The largest absolute Gasteiger partial charge is 0.434 e. The molecule has 0 aliphatic heterocycles. The van der Waals surface area contributed by atoms with Crippen molar-refractivity contribution < 1.29 is 18.0 Å². The Kier molecular flexibility index (Phi) is 4.04. The van der Waals surface area contributed by atoms with Gasteiger partial charge in [-0.2, -0.15) is 13.2 Å². The molecule has 1 heterocycles. The Morgan fingerprint density at radius 1 is 1.19 bits per heavy atom. The zero-order chi connectivity index (χ0) is 15.8. The van der Waals surface area contributed by atoms with E-state index in [4.69, 9.17) is 0 Å². The van der Waals surface area contributed by atoms with Crippen LogP contribution in [-0.4, -0.2) is 10.9 Å². The van der Waals surface area contributed by atoms with E-state index in [-0.39, 0.29) is 0 Å². The number of carbonyl (C=O) groups is 1. The molecule has 7 heteroatoms. The Balaban J connectivity index is 2.34. The van der Waals surface area contributed by atoms with E-state index in [2.05, 4.69) is 10.3 Å². The van der Waals surface area contributed by atoms with E-state index in [1.165, 1.54) is 0 Å². The second kappa shape index (κ2) is 5.48. The number of benzene rings is 1. The summed E-state index contributed by atoms with van der Waals surface area (Å²) in [6.45, 7) is 5.51. The predicted octanol–water partition coefficient (Wildman–Crippen LogP) is 4.34. The van der Waals surface area contributed by atoms with Crippen LogP contribution in [0.5, 0.6) is 0 Å². The highest BCUT2D eigenvalue weighted by Crippen LogP contribution is 2.33. The maximum absolute atomic E-state index is 12.8. The van der Waals surface area contributed by atoms with Crippen molar-refractivity contribution in [2.45, 2.75) is 26.9 Å². The number of halogens is 3. The number of nitrogens with zero attached hydrogens (tertiary/aromatic N) is 1. The first-order valence-corrected chi connectivity index (χ1v) is 6.98. The molecule has 1 N–H and O–H groups in total. The summed E-state index contributed by atoms with van der Waals surface area (Å²) in [6.07, 6.45) is -4.63. The molecule has 112 valence electrons. The monoisotopic (exact) mass is 314 g/mol. The molecule has 1 amide bonds. The number of thiazole rings is 1. The standard InChI is InChI=1S/C14H13F3N2OS/c1-7-4-8(2)10(9(3)5-7)19-13(20)11-12(14(15,16)17)18-6-21-11/h4-6H,1-3H3,(H,19,20). The van der Waals surface area contributed by atoms with E-state index in [0.29, 0.717) is 17.0 Å². The van der Waals surface area contributed by atoms with Gasteiger partial charge in [-0.15, -0.1) is 11.3 Å². The Hall–Kier alpha value is -1.89. The van der Waals surface area contributed by atoms with Crippen molar-refractivity contribution in [2.75, 3.05) is 5.32 Å². The van der Waals surface area contributed by atoms with Gasteiger partial charge in [0, 0.05) is 5.69 Å². The SMILES string of the molecule is Cc1cc(C)c(NC(=O)c2scnc2C(F)(F)F)c(C)c1. The van der Waals surface area contributed by atoms with Crippen LogP contribution in [0.15, 0.2) is 17.6 Å². The van der Waals surface area contributed by atoms with Gasteiger partial charge in [-0.1, -0.05) is 17.7 Å². The lowest BCUT2D eigenvalue weighted by atomic mass is 10.1. The average molecular weight is 314 g/mol. The summed E-state index contributed by atoms with van der Waals surface area (Å²) in [5.41, 5.74) is 3.04. The zero-order valence-corrected chi connectivity index (χ0v) is 12.4. The van der Waals surface area contributed by atoms with E-state index in [1.54, 1.807) is 13.8 Å². The van der Waals surface area contributed by atoms with Crippen LogP contribution in [-0.2, 0) is 6.18 Å². The van der Waals surface area contributed by atoms with Crippen LogP contribution in [0.1, 0.15) is 32.1 Å². The number of carbonyl (C=O) groups excluding carboxylic acids is 1. The van der Waals surface area contributed by atoms with Crippen LogP contribution in [0.4, 0.5) is 18.9 Å². The Morgan fingerprint density at radius 3 is 2.29 bits per heavy atom. The van der Waals surface area contributed by atoms with Crippen molar-refractivity contribution in [3.8, 4) is 0 Å². The normalized spacial score (nSPS) is 11.5. The van der Waals surface area contributed by atoms with Gasteiger partial charge in [-0.05, 0) is 31.9 Å². The van der Waals surface area contributed by atoms with Crippen LogP contribution < -0.4 is 5.32 Å². The number of amides is 1. The first-order valence-electron chi connectivity index (χ1n) is 6.10. The van der Waals surface area contributed by atoms with Gasteiger partial charge in [-0.25, -0.2) is 4.98 Å². The highest BCUT2D eigenvalue weighted by atomic mass is 32.1. The molecule has 0 unspecified atom stereocenters. The van der Waals surface area contributed by atoms with Crippen LogP contribution >= 0.6 is 11.3 Å². The molecule has 1 aromatic carbocycles. The summed E-state index contributed by atoms with van der Waals surface area (Å²) >= 11 is 0.675. The molecule has 0 radical (unpaired) electrons. The fraction of sp³-hybridized carbons (Fsp3) is 0.286. The maximum atomic E-state index is 12.8. The summed E-state index contributed by atoms with van der Waals surface area (Å²) in [7, 11) is 0. The molecule has 21 heavy (non-hydrogen) atoms. The van der Waals surface area contributed by atoms with Crippen LogP contribution in [0.25, 0.3) is 0 Å². The fourth-order valence-electron chi connectivity index (χ4n) is 2.16. The molecule has 0 atom stereocenters. The molecule has 0 saturated heterocycles. The summed E-state index contributed by atoms with van der Waals surface area (Å²) < 4.78 is 38.3. The van der Waals surface area contributed by atoms with Gasteiger partial charge < -0.3 is 5.32 Å². The van der Waals surface area contributed by atoms with Crippen LogP contribution in [0.2, 0.25) is 0 Å². The van der Waals surface area contributed by atoms with Crippen molar-refractivity contribution in [1.29, 1.82) is 0 Å². The Labute approximate surface area is 123 Å². The number of alkyl halides is 3. The summed E-state index contributed by atoms with van der Waals surface area (Å²) in [5, 5.41) is 2.55. The van der Waals surface area contributed by atoms with E-state index in [1.807, 2.05) is 19.1 Å². The number of hydrogen-bond donors (Lipinski definition) is 1. The minimum Gasteiger partial charge on any atom is -0.321 e. The molecule has 0 bridgehead atoms. The Morgan fingerprint density at radius 2 is 1.76 bits per heavy atom. The summed E-state index contributed by atoms with van der Waals surface area (Å²) in [6, 6.07) is 3.72. The summed E-state index contributed by atoms with van der Waals surface area (Å²) in [5.74, 6) is -0.792. The second-order valence-electron chi connectivity index (χ2n) is 4.76. The van der Waals surface area contributed by atoms with Gasteiger partial charge in [-0.3, -0.25) is 4.79 Å². The number of hydrogen-bond acceptors (Lipinski definition) is 3. The smallest absolute Gasteiger partial charge is 0.321 e. The number of aromatic nitrogens is 1. The molecular weight excluding hydrogens is 301 g/mol. The molecule has 0 fully saturated rings. The van der Waals surface area contributed by atoms with E-state index >= 15 is 0 Å². The van der Waals surface area contributed by atoms with Crippen LogP contribution in [0, 0.1) is 20.8 Å². The highest BCUT2D eigenvalue weighted by molar-refractivity contribution is 7.12. The number of rotatable bonds is 2. The van der Waals surface area contributed by atoms with Crippen LogP contribution in [0.3, 0.4) is 0 Å². The first-order chi connectivity index (χ1) is 9.70. The van der Waals surface area contributed by atoms with Crippen molar-refractivity contribution in [2.24, 2.45) is 0 Å². The second-order valence-corrected chi connectivity index (χ2v) is 5.61. The van der Waals surface area contributed by atoms with Crippen molar-refractivity contribution in [3.05, 3.63) is 44.9 Å². The molecule has 1 aromatic heterocycles. The number of nitrogens with one attached hydrogen (secondary N) is 1. The third kappa shape index (κ3) is 3.24. The lowest BCUT2D eigenvalue weighted by Gasteiger charge is -2.13. The van der Waals surface area contributed by atoms with E-state index < -0.39 is 22.7 Å². The average Bonchev–Trinajstić information content (AvgIpc) is 2.82. The third-order valence-corrected chi connectivity index (χ3v) is 3.78. The predicted molar refractivity (Wildman–Crippen MR) is 75.7 cm³/mol. The number of aryl methyl sites for hydroxylation is 3. The topological polar surface area (TPSA) is 42.0 Å². The minimum absolute atomic E-state index is 0.429. The van der Waals surface area contributed by atoms with Crippen molar-refractivity contribution in [3.63, 3.8) is 0 Å². The molecule has 2 rings (SSSR count). The summed E-state index contributed by atoms with van der Waals surface area (Å²) in [4.78, 5) is 14.9. The van der Waals surface area contributed by atoms with Gasteiger partial charge in [0.25, 0.3) is 5.91 Å². The van der Waals surface area contributed by atoms with Gasteiger partial charge >= 0.3 is 6.18 Å². The highest BCUT2D eigenvalue weighted by Gasteiger charge is 2.38. The van der Waals surface area contributed by atoms with Gasteiger partial charge in [0.15, 0.2) is 5.69 Å². The zero-order valence-electron chi connectivity index (χ0n) is 11.6. The lowest BCUT2D eigenvalue weighted by molar-refractivity contribution is -0.141. The lowest BCUT2D eigenvalue weighted by Crippen LogP contribution is -2.18. The Bertz CT molecular complexity index is 669. The molecule has 2 aromatic rings. The molecule has 0 aliphatic carbocycles. The quantitative estimate of drug-likeness (QED) is 0.896. The van der Waals surface area contributed by atoms with Gasteiger partial charge in [0.1, 0.15) is 4.88 Å². The van der Waals surface area contributed by atoms with Crippen molar-refractivity contribution in [1.82, 2.24) is 4.98 Å². The molecule has 0 spiro atoms. The fourth-order valence-corrected chi connectivity index (χ4v) is 2.86. The molecule has 3 nitrogen and oxygen atoms in total. The number of anilines is 1. The molecular formula is C14H13F3N2OS. The maximum Gasteiger partial charge on any atom is 0.434 e. The third-order valence-electron chi connectivity index (χ3n) is 2.96. The van der Waals surface area contributed by atoms with E-state index in [9.17, 15) is 18.0 Å². The van der Waals surface area contributed by atoms with Crippen molar-refractivity contribution >= 4 is 22.9 Å². The van der Waals surface area contributed by atoms with Gasteiger partial charge in [0.05, 0.1) is 5.51 Å². The molecule has 0 saturated carbocycles. The molecule has 0 aliphatic rings. The van der Waals surface area contributed by atoms with E-state index in [0.717, 1.165) is 22.2 Å². The minimum atomic E-state index is -4.63.